The van der Waals surface area contributed by atoms with Crippen molar-refractivity contribution >= 4 is 122 Å². The molecule has 0 aromatic heterocycles. The summed E-state index contributed by atoms with van der Waals surface area (Å²) in [4.78, 5) is 0. The predicted molar refractivity (Wildman–Crippen MR) is 350 cm³/mol. The van der Waals surface area contributed by atoms with Crippen molar-refractivity contribution in [2.45, 2.75) is 157 Å². The number of hydrogen-bond donors (Lipinski definition) is 0. The zero-order valence-electron chi connectivity index (χ0n) is 50.5. The first-order chi connectivity index (χ1) is 34.4. The van der Waals surface area contributed by atoms with E-state index in [1.165, 1.54) is 0 Å². The molecule has 4 aromatic carbocycles. The minimum atomic E-state index is -4.45. The van der Waals surface area contributed by atoms with E-state index in [4.69, 9.17) is 32.9 Å². The van der Waals surface area contributed by atoms with Crippen LogP contribution in [0.25, 0.3) is 0 Å². The Hall–Kier alpha value is -2.60. The summed E-state index contributed by atoms with van der Waals surface area (Å²) >= 11 is 0. The second-order valence-electron chi connectivity index (χ2n) is 27.8. The lowest BCUT2D eigenvalue weighted by molar-refractivity contribution is 0.104. The van der Waals surface area contributed by atoms with Crippen molar-refractivity contribution < 1.29 is 32.9 Å². The Kier molecular flexibility index (Phi) is 19.8. The van der Waals surface area contributed by atoms with Crippen molar-refractivity contribution in [3.8, 4) is 45.9 Å². The third-order valence-electron chi connectivity index (χ3n) is 10.1. The van der Waals surface area contributed by atoms with E-state index in [2.05, 4.69) is 300 Å². The van der Waals surface area contributed by atoms with Crippen molar-refractivity contribution in [3.05, 3.63) is 119 Å². The molecule has 0 spiro atoms. The van der Waals surface area contributed by atoms with E-state index >= 15 is 0 Å². The molecule has 0 saturated carbocycles. The molecule has 0 atom stereocenters. The third-order valence-corrected chi connectivity index (χ3v) is 40.5. The Morgan fingerprint density at radius 1 is 0.250 bits per heavy atom. The molecule has 1 aliphatic heterocycles. The molecule has 408 valence electrons. The number of rotatable bonds is 12. The highest BCUT2D eigenvalue weighted by Crippen LogP contribution is 2.38. The number of benzene rings is 4. The lowest BCUT2D eigenvalue weighted by atomic mass is 10.2. The molecule has 1 fully saturated rings. The maximum atomic E-state index is 8.31. The van der Waals surface area contributed by atoms with E-state index in [1.807, 2.05) is 0 Å². The van der Waals surface area contributed by atoms with Gasteiger partial charge in [0.2, 0.25) is 0 Å². The highest BCUT2D eigenvalue weighted by atomic mass is 28.6. The SMILES string of the molecule is C[Si](C)(C)C#Cc1ccc([Si]2(O[Si](C)(C)C)O[Si](O[Si](C)(C)C)(c3ccc(C#C[Si](C)(C)C)cc3)O[Si](O[Si](C)(C)C)(c3ccc(C#C[Si](C)(C)C)cc3)O[Si](O[Si](C)(C)C)(c3ccc(C#C[Si](C)(C)C)cc3)O2)cc1. The van der Waals surface area contributed by atoms with E-state index in [-0.39, 0.29) is 0 Å². The lowest BCUT2D eigenvalue weighted by Gasteiger charge is -2.53. The third kappa shape index (κ3) is 19.9. The molecule has 4 aromatic rings. The average Bonchev–Trinajstić information content (AvgIpc) is 3.23. The fourth-order valence-electron chi connectivity index (χ4n) is 7.35. The molecule has 0 N–H and O–H groups in total. The van der Waals surface area contributed by atoms with E-state index in [0.29, 0.717) is 0 Å². The highest BCUT2D eigenvalue weighted by Gasteiger charge is 2.72. The molecular formula is C56H88O8Si12. The van der Waals surface area contributed by atoms with Crippen LogP contribution in [0.5, 0.6) is 0 Å². The van der Waals surface area contributed by atoms with Gasteiger partial charge in [0.05, 0.1) is 0 Å². The Labute approximate surface area is 473 Å². The quantitative estimate of drug-likeness (QED) is 0.103. The van der Waals surface area contributed by atoms with Crippen LogP contribution in [0, 0.1) is 45.9 Å². The monoisotopic (exact) mass is 1220 g/mol. The first-order valence-electron chi connectivity index (χ1n) is 26.6. The summed E-state index contributed by atoms with van der Waals surface area (Å²) in [6.45, 7) is 53.1. The Bertz CT molecular complexity index is 2510. The van der Waals surface area contributed by atoms with E-state index in [1.54, 1.807) is 0 Å². The van der Waals surface area contributed by atoms with Gasteiger partial charge in [-0.2, -0.15) is 0 Å². The van der Waals surface area contributed by atoms with Crippen LogP contribution in [0.15, 0.2) is 97.1 Å². The Morgan fingerprint density at radius 3 is 0.513 bits per heavy atom. The van der Waals surface area contributed by atoms with Gasteiger partial charge in [-0.25, -0.2) is 0 Å². The summed E-state index contributed by atoms with van der Waals surface area (Å²) in [6, 6.07) is 33.0. The van der Waals surface area contributed by atoms with Crippen LogP contribution in [-0.2, 0) is 32.9 Å². The Balaban J connectivity index is 2.08. The number of hydrogen-bond acceptors (Lipinski definition) is 8. The fraction of sp³-hybridized carbons (Fsp3) is 0.429. The fourth-order valence-corrected chi connectivity index (χ4v) is 42.4. The van der Waals surface area contributed by atoms with Crippen LogP contribution in [0.1, 0.15) is 22.3 Å². The standard InChI is InChI=1S/C56H88O8Si12/c1-65(2,3)45-41-49-25-33-53(34-26-49)73(57-69(13,14)15)61-74(58-70(16,17)18,54-35-27-50(28-36-54)42-46-66(4,5)6)63-76(60-72(22,23)24,56-39-31-52(32-40-56)44-48-68(10,11)12)64-75(62-73,59-71(19,20)21)55-37-29-51(30-38-55)43-47-67(7,8)9/h25-40H,1-24H3. The van der Waals surface area contributed by atoms with Gasteiger partial charge in [-0.1, -0.05) is 151 Å². The smallest absolute Gasteiger partial charge is 0.413 e. The molecule has 76 heavy (non-hydrogen) atoms. The minimum Gasteiger partial charge on any atom is -0.413 e. The topological polar surface area (TPSA) is 73.8 Å². The van der Waals surface area contributed by atoms with Gasteiger partial charge >= 0.3 is 35.2 Å². The minimum absolute atomic E-state index is 0.730. The van der Waals surface area contributed by atoms with Gasteiger partial charge in [-0.15, -0.1) is 22.2 Å². The van der Waals surface area contributed by atoms with E-state index < -0.39 is 101 Å². The molecule has 0 unspecified atom stereocenters. The average molecular weight is 1230 g/mol. The van der Waals surface area contributed by atoms with Gasteiger partial charge in [0, 0.05) is 43.0 Å². The van der Waals surface area contributed by atoms with Gasteiger partial charge in [0.15, 0.2) is 33.3 Å². The first kappa shape index (κ1) is 64.2. The van der Waals surface area contributed by atoms with Crippen LogP contribution in [0.3, 0.4) is 0 Å². The van der Waals surface area contributed by atoms with Gasteiger partial charge < -0.3 is 32.9 Å². The summed E-state index contributed by atoms with van der Waals surface area (Å²) < 4.78 is 64.4. The summed E-state index contributed by atoms with van der Waals surface area (Å²) in [5, 5.41) is 2.92. The summed E-state index contributed by atoms with van der Waals surface area (Å²) in [6.07, 6.45) is 0. The molecule has 5 rings (SSSR count). The van der Waals surface area contributed by atoms with Gasteiger partial charge in [-0.05, 0) is 127 Å². The second kappa shape index (κ2) is 23.5. The predicted octanol–water partition coefficient (Wildman–Crippen LogP) is 11.8. The lowest BCUT2D eigenvalue weighted by Crippen LogP contribution is -2.84. The zero-order valence-corrected chi connectivity index (χ0v) is 62.5. The van der Waals surface area contributed by atoms with Crippen molar-refractivity contribution in [2.75, 3.05) is 0 Å². The van der Waals surface area contributed by atoms with Gasteiger partial charge in [0.25, 0.3) is 0 Å². The maximum absolute atomic E-state index is 8.31. The van der Waals surface area contributed by atoms with Crippen LogP contribution >= 0.6 is 0 Å². The summed E-state index contributed by atoms with van der Waals surface area (Å²) in [5.74, 6) is 13.9. The molecule has 1 aliphatic rings. The molecule has 0 aliphatic carbocycles. The molecule has 1 saturated heterocycles. The maximum Gasteiger partial charge on any atom is 0.512 e. The molecule has 0 radical (unpaired) electrons. The molecule has 20 heteroatoms. The molecule has 0 amide bonds. The van der Waals surface area contributed by atoms with Crippen LogP contribution < -0.4 is 20.7 Å². The molecule has 1 heterocycles. The van der Waals surface area contributed by atoms with Crippen LogP contribution in [0.2, 0.25) is 157 Å². The second-order valence-corrected chi connectivity index (χ2v) is 77.0. The first-order valence-corrected chi connectivity index (χ1v) is 61.1. The molecular weight excluding hydrogens is 1140 g/mol. The van der Waals surface area contributed by atoms with Crippen molar-refractivity contribution in [1.82, 2.24) is 0 Å². The van der Waals surface area contributed by atoms with Crippen LogP contribution in [0.4, 0.5) is 0 Å². The molecule has 8 nitrogen and oxygen atoms in total. The van der Waals surface area contributed by atoms with Crippen molar-refractivity contribution in [1.29, 1.82) is 0 Å². The highest BCUT2D eigenvalue weighted by molar-refractivity contribution is 7.06. The van der Waals surface area contributed by atoms with Gasteiger partial charge in [0.1, 0.15) is 32.3 Å². The van der Waals surface area contributed by atoms with Crippen molar-refractivity contribution in [2.24, 2.45) is 0 Å². The van der Waals surface area contributed by atoms with E-state index in [0.717, 1.165) is 43.0 Å². The van der Waals surface area contributed by atoms with Gasteiger partial charge in [-0.3, -0.25) is 0 Å². The summed E-state index contributed by atoms with van der Waals surface area (Å²) in [7, 11) is -35.4. The largest absolute Gasteiger partial charge is 0.512 e. The van der Waals surface area contributed by atoms with E-state index in [9.17, 15) is 0 Å². The summed E-state index contributed by atoms with van der Waals surface area (Å²) in [5.41, 5.74) is 17.8. The zero-order chi connectivity index (χ0) is 57.2. The van der Waals surface area contributed by atoms with Crippen LogP contribution in [-0.4, -0.2) is 101 Å². The van der Waals surface area contributed by atoms with Crippen molar-refractivity contribution in [3.63, 3.8) is 0 Å². The molecule has 0 bridgehead atoms. The Morgan fingerprint density at radius 2 is 0.395 bits per heavy atom. The normalized spacial score (nSPS) is 22.0.